The van der Waals surface area contributed by atoms with Crippen molar-refractivity contribution in [1.82, 2.24) is 0 Å². The van der Waals surface area contributed by atoms with Gasteiger partial charge in [0.1, 0.15) is 0 Å². The van der Waals surface area contributed by atoms with E-state index >= 15 is 0 Å². The van der Waals surface area contributed by atoms with E-state index in [4.69, 9.17) is 7.05 Å². The van der Waals surface area contributed by atoms with Crippen LogP contribution in [-0.2, 0) is 5.41 Å². The quantitative estimate of drug-likeness (QED) is 0.352. The van der Waals surface area contributed by atoms with Crippen molar-refractivity contribution in [3.63, 3.8) is 0 Å². The molecule has 1 aliphatic rings. The summed E-state index contributed by atoms with van der Waals surface area (Å²) in [4.78, 5) is 1.83. The molecule has 0 aromatic heterocycles. The Morgan fingerprint density at radius 3 is 1.38 bits per heavy atom. The Labute approximate surface area is 173 Å². The summed E-state index contributed by atoms with van der Waals surface area (Å²) in [6.07, 6.45) is 0. The van der Waals surface area contributed by atoms with E-state index < -0.39 is 0 Å². The lowest BCUT2D eigenvalue weighted by Gasteiger charge is -2.40. The summed E-state index contributed by atoms with van der Waals surface area (Å²) in [5.74, 6) is 0. The second kappa shape index (κ2) is 6.63. The monoisotopic (exact) mass is 373 g/mol. The molecule has 1 nitrogen and oxygen atoms in total. The molecule has 1 heterocycles. The lowest BCUT2D eigenvalue weighted by molar-refractivity contribution is 0.632. The van der Waals surface area contributed by atoms with Gasteiger partial charge in [-0.3, -0.25) is 0 Å². The van der Waals surface area contributed by atoms with Crippen molar-refractivity contribution in [2.75, 3.05) is 4.90 Å². The smallest absolute Gasteiger partial charge is 0.0799 e. The van der Waals surface area contributed by atoms with Gasteiger partial charge in [0.2, 0.25) is 0 Å². The van der Waals surface area contributed by atoms with E-state index in [0.717, 1.165) is 11.4 Å². The average molecular weight is 373 g/mol. The third-order valence-electron chi connectivity index (χ3n) is 6.07. The molecule has 0 saturated heterocycles. The predicted octanol–water partition coefficient (Wildman–Crippen LogP) is 7.47. The van der Waals surface area contributed by atoms with E-state index in [9.17, 15) is 0 Å². The van der Waals surface area contributed by atoms with Gasteiger partial charge in [-0.1, -0.05) is 86.6 Å². The fraction of sp³-hybridized carbons (Fsp3) is 0.107. The zero-order valence-corrected chi connectivity index (χ0v) is 16.8. The van der Waals surface area contributed by atoms with Crippen molar-refractivity contribution in [1.29, 1.82) is 0 Å². The summed E-state index contributed by atoms with van der Waals surface area (Å²) in [5.41, 5.74) is 9.34. The van der Waals surface area contributed by atoms with Gasteiger partial charge >= 0.3 is 0 Å². The molecule has 140 valence electrons. The molecule has 0 unspecified atom stereocenters. The Morgan fingerprint density at radius 1 is 0.552 bits per heavy atom. The van der Waals surface area contributed by atoms with Crippen LogP contribution >= 0.6 is 0 Å². The van der Waals surface area contributed by atoms with Crippen molar-refractivity contribution in [2.24, 2.45) is 0 Å². The minimum Gasteiger partial charge on any atom is -0.333 e. The van der Waals surface area contributed by atoms with E-state index in [1.807, 2.05) is 4.90 Å². The summed E-state index contributed by atoms with van der Waals surface area (Å²) in [5, 5.41) is 0. The van der Waals surface area contributed by atoms with Gasteiger partial charge in [-0.25, -0.2) is 0 Å². The Hall–Kier alpha value is -3.32. The van der Waals surface area contributed by atoms with E-state index in [-0.39, 0.29) is 5.41 Å². The zero-order valence-electron chi connectivity index (χ0n) is 16.8. The third kappa shape index (κ3) is 2.86. The number of benzene rings is 4. The minimum atomic E-state index is -0.157. The maximum atomic E-state index is 6.59. The first-order valence-corrected chi connectivity index (χ1v) is 10.0. The maximum Gasteiger partial charge on any atom is 0.0799 e. The highest BCUT2D eigenvalue weighted by Gasteiger charge is 2.35. The van der Waals surface area contributed by atoms with E-state index in [1.54, 1.807) is 0 Å². The first-order valence-electron chi connectivity index (χ1n) is 10.0. The van der Waals surface area contributed by atoms with Crippen LogP contribution in [0.3, 0.4) is 0 Å². The standard InChI is InChI=1S/C28H23N/c1-28(2)24-18-22(20-10-6-4-7-11-20)14-16-26(24)29(3)27-17-15-23(19-25(27)28)21-12-8-5-9-13-21/h3-19H,1-2H3. The Morgan fingerprint density at radius 2 is 0.966 bits per heavy atom. The molecule has 1 heteroatoms. The summed E-state index contributed by atoms with van der Waals surface area (Å²) in [6.45, 7) is 4.59. The molecule has 0 spiro atoms. The molecule has 0 amide bonds. The van der Waals surface area contributed by atoms with Gasteiger partial charge in [-0.2, -0.15) is 0 Å². The second-order valence-electron chi connectivity index (χ2n) is 8.19. The molecule has 29 heavy (non-hydrogen) atoms. The molecule has 4 aromatic rings. The van der Waals surface area contributed by atoms with Gasteiger partial charge in [-0.15, -0.1) is 0 Å². The molecule has 4 aromatic carbocycles. The average Bonchev–Trinajstić information content (AvgIpc) is 2.78. The number of fused-ring (bicyclic) bond motifs is 2. The highest BCUT2D eigenvalue weighted by atomic mass is 15.1. The van der Waals surface area contributed by atoms with Gasteiger partial charge in [-0.05, 0) is 57.6 Å². The predicted molar refractivity (Wildman–Crippen MR) is 122 cm³/mol. The molecule has 0 bridgehead atoms. The summed E-state index contributed by atoms with van der Waals surface area (Å²) >= 11 is 0. The van der Waals surface area contributed by atoms with E-state index in [1.165, 1.54) is 33.4 Å². The topological polar surface area (TPSA) is 3.24 Å². The number of hydrogen-bond acceptors (Lipinski definition) is 1. The van der Waals surface area contributed by atoms with E-state index in [2.05, 4.69) is 111 Å². The largest absolute Gasteiger partial charge is 0.333 e. The SMILES string of the molecule is [CH]N1c2ccc(-c3ccccc3)cc2C(C)(C)c2cc(-c3ccccc3)ccc21. The summed E-state index contributed by atoms with van der Waals surface area (Å²) in [7, 11) is 6.59. The van der Waals surface area contributed by atoms with Crippen molar-refractivity contribution < 1.29 is 0 Å². The lowest BCUT2D eigenvalue weighted by Crippen LogP contribution is -2.30. The Kier molecular flexibility index (Phi) is 4.06. The Bertz CT molecular complexity index is 1080. The molecule has 2 radical (unpaired) electrons. The van der Waals surface area contributed by atoms with Crippen molar-refractivity contribution in [3.8, 4) is 22.3 Å². The summed E-state index contributed by atoms with van der Waals surface area (Å²) in [6, 6.07) is 34.2. The van der Waals surface area contributed by atoms with Crippen LogP contribution in [0.5, 0.6) is 0 Å². The van der Waals surface area contributed by atoms with Gasteiger partial charge < -0.3 is 4.90 Å². The Balaban J connectivity index is 1.67. The normalized spacial score (nSPS) is 14.2. The van der Waals surface area contributed by atoms with Crippen LogP contribution < -0.4 is 4.90 Å². The molecule has 1 aliphatic heterocycles. The number of hydrogen-bond donors (Lipinski definition) is 0. The molecular formula is C28H23N. The van der Waals surface area contributed by atoms with Gasteiger partial charge in [0, 0.05) is 16.8 Å². The molecule has 0 saturated carbocycles. The van der Waals surface area contributed by atoms with Crippen LogP contribution in [0.25, 0.3) is 22.3 Å². The third-order valence-corrected chi connectivity index (χ3v) is 6.07. The van der Waals surface area contributed by atoms with Gasteiger partial charge in [0.05, 0.1) is 7.05 Å². The van der Waals surface area contributed by atoms with E-state index in [0.29, 0.717) is 0 Å². The fourth-order valence-electron chi connectivity index (χ4n) is 4.39. The van der Waals surface area contributed by atoms with Gasteiger partial charge in [0.15, 0.2) is 0 Å². The van der Waals surface area contributed by atoms with Crippen molar-refractivity contribution >= 4 is 11.4 Å². The number of anilines is 2. The number of nitrogens with zero attached hydrogens (tertiary/aromatic N) is 1. The number of rotatable bonds is 2. The van der Waals surface area contributed by atoms with Crippen molar-refractivity contribution in [3.05, 3.63) is 115 Å². The molecular weight excluding hydrogens is 350 g/mol. The molecule has 0 N–H and O–H groups in total. The van der Waals surface area contributed by atoms with Crippen molar-refractivity contribution in [2.45, 2.75) is 19.3 Å². The van der Waals surface area contributed by atoms with Crippen LogP contribution in [0.2, 0.25) is 0 Å². The van der Waals surface area contributed by atoms with Crippen LogP contribution in [0, 0.1) is 7.05 Å². The van der Waals surface area contributed by atoms with Crippen LogP contribution in [-0.4, -0.2) is 0 Å². The zero-order chi connectivity index (χ0) is 20.0. The van der Waals surface area contributed by atoms with Gasteiger partial charge in [0.25, 0.3) is 0 Å². The highest BCUT2D eigenvalue weighted by molar-refractivity contribution is 5.83. The minimum absolute atomic E-state index is 0.157. The molecule has 0 atom stereocenters. The first-order chi connectivity index (χ1) is 14.1. The maximum absolute atomic E-state index is 6.59. The first kappa shape index (κ1) is 17.8. The summed E-state index contributed by atoms with van der Waals surface area (Å²) < 4.78 is 0. The fourth-order valence-corrected chi connectivity index (χ4v) is 4.39. The second-order valence-corrected chi connectivity index (χ2v) is 8.19. The van der Waals surface area contributed by atoms with Crippen LogP contribution in [0.15, 0.2) is 97.1 Å². The molecule has 5 rings (SSSR count). The van der Waals surface area contributed by atoms with Crippen LogP contribution in [0.4, 0.5) is 11.4 Å². The molecule has 0 fully saturated rings. The van der Waals surface area contributed by atoms with Crippen LogP contribution in [0.1, 0.15) is 25.0 Å². The lowest BCUT2D eigenvalue weighted by atomic mass is 9.72. The molecule has 0 aliphatic carbocycles. The highest BCUT2D eigenvalue weighted by Crippen LogP contribution is 2.50.